The number of carbonyl (C=O) groups excluding carboxylic acids is 1. The molecular formula is C17H23N3O2. The number of ether oxygens (including phenoxy) is 1. The minimum absolute atomic E-state index is 0.109. The Bertz CT molecular complexity index is 532. The molecule has 3 atom stereocenters. The monoisotopic (exact) mass is 301 g/mol. The number of nitrogens with zero attached hydrogens (tertiary/aromatic N) is 2. The van der Waals surface area contributed by atoms with Gasteiger partial charge in [0.2, 0.25) is 5.91 Å². The summed E-state index contributed by atoms with van der Waals surface area (Å²) in [5.74, 6) is 0.654. The zero-order valence-electron chi connectivity index (χ0n) is 12.8. The second kappa shape index (κ2) is 5.97. The number of aromatic nitrogens is 1. The van der Waals surface area contributed by atoms with E-state index in [1.165, 1.54) is 5.56 Å². The first-order valence-electron chi connectivity index (χ1n) is 8.35. The molecule has 0 spiro atoms. The lowest BCUT2D eigenvalue weighted by molar-refractivity contribution is -0.133. The average molecular weight is 301 g/mol. The summed E-state index contributed by atoms with van der Waals surface area (Å²) in [6, 6.07) is 4.54. The Morgan fingerprint density at radius 1 is 1.32 bits per heavy atom. The molecule has 0 unspecified atom stereocenters. The summed E-state index contributed by atoms with van der Waals surface area (Å²) in [5, 5.41) is 3.07. The van der Waals surface area contributed by atoms with Crippen LogP contribution in [0.3, 0.4) is 0 Å². The van der Waals surface area contributed by atoms with Crippen LogP contribution in [0.15, 0.2) is 24.5 Å². The molecule has 0 radical (unpaired) electrons. The average Bonchev–Trinajstić information content (AvgIpc) is 3.24. The van der Waals surface area contributed by atoms with Gasteiger partial charge in [-0.1, -0.05) is 0 Å². The number of likely N-dealkylation sites (tertiary alicyclic amines) is 1. The van der Waals surface area contributed by atoms with Gasteiger partial charge in [-0.3, -0.25) is 14.7 Å². The first-order chi connectivity index (χ1) is 10.8. The highest BCUT2D eigenvalue weighted by Gasteiger charge is 2.42. The summed E-state index contributed by atoms with van der Waals surface area (Å²) in [4.78, 5) is 18.6. The van der Waals surface area contributed by atoms with Crippen LogP contribution in [0.4, 0.5) is 0 Å². The van der Waals surface area contributed by atoms with Crippen molar-refractivity contribution in [3.8, 4) is 0 Å². The molecule has 1 amide bonds. The second-order valence-electron chi connectivity index (χ2n) is 6.82. The summed E-state index contributed by atoms with van der Waals surface area (Å²) in [7, 11) is 0. The zero-order valence-corrected chi connectivity index (χ0v) is 12.8. The number of nitrogens with one attached hydrogen (secondary N) is 1. The van der Waals surface area contributed by atoms with Gasteiger partial charge in [0.25, 0.3) is 0 Å². The lowest BCUT2D eigenvalue weighted by Crippen LogP contribution is -2.42. The van der Waals surface area contributed by atoms with Crippen molar-refractivity contribution in [3.63, 3.8) is 0 Å². The maximum Gasteiger partial charge on any atom is 0.249 e. The molecule has 1 aliphatic carbocycles. The Morgan fingerprint density at radius 2 is 2.14 bits per heavy atom. The first-order valence-corrected chi connectivity index (χ1v) is 8.35. The molecule has 1 saturated carbocycles. The number of piperidine rings is 1. The largest absolute Gasteiger partial charge is 0.364 e. The predicted octanol–water partition coefficient (Wildman–Crippen LogP) is 1.34. The zero-order chi connectivity index (χ0) is 14.9. The van der Waals surface area contributed by atoms with Crippen molar-refractivity contribution in [3.05, 3.63) is 30.1 Å². The first kappa shape index (κ1) is 14.2. The number of hydrogen-bond acceptors (Lipinski definition) is 4. The lowest BCUT2D eigenvalue weighted by atomic mass is 9.91. The van der Waals surface area contributed by atoms with E-state index in [1.807, 2.05) is 12.4 Å². The van der Waals surface area contributed by atoms with Crippen LogP contribution in [0.5, 0.6) is 0 Å². The molecule has 0 bridgehead atoms. The molecule has 3 fully saturated rings. The fourth-order valence-electron chi connectivity index (χ4n) is 3.58. The van der Waals surface area contributed by atoms with Gasteiger partial charge in [0.1, 0.15) is 6.10 Å². The van der Waals surface area contributed by atoms with Crippen molar-refractivity contribution in [2.45, 2.75) is 50.5 Å². The fourth-order valence-corrected chi connectivity index (χ4v) is 3.58. The lowest BCUT2D eigenvalue weighted by Gasteiger charge is -2.34. The molecule has 2 saturated heterocycles. The third kappa shape index (κ3) is 3.15. The van der Waals surface area contributed by atoms with Crippen LogP contribution >= 0.6 is 0 Å². The van der Waals surface area contributed by atoms with Gasteiger partial charge in [0, 0.05) is 31.5 Å². The van der Waals surface area contributed by atoms with Gasteiger partial charge in [-0.05, 0) is 55.8 Å². The van der Waals surface area contributed by atoms with E-state index in [0.717, 1.165) is 45.3 Å². The van der Waals surface area contributed by atoms with Crippen LogP contribution < -0.4 is 5.32 Å². The molecule has 22 heavy (non-hydrogen) atoms. The normalized spacial score (nSPS) is 31.7. The highest BCUT2D eigenvalue weighted by Crippen LogP contribution is 2.34. The molecule has 5 nitrogen and oxygen atoms in total. The molecule has 1 aromatic rings. The number of fused-ring (bicyclic) bond motifs is 1. The smallest absolute Gasteiger partial charge is 0.249 e. The number of hydrogen-bond donors (Lipinski definition) is 1. The van der Waals surface area contributed by atoms with E-state index in [9.17, 15) is 4.79 Å². The Kier molecular flexibility index (Phi) is 3.84. The third-order valence-corrected chi connectivity index (χ3v) is 5.01. The Morgan fingerprint density at radius 3 is 2.91 bits per heavy atom. The summed E-state index contributed by atoms with van der Waals surface area (Å²) in [6.45, 7) is 2.96. The van der Waals surface area contributed by atoms with Gasteiger partial charge >= 0.3 is 0 Å². The minimum atomic E-state index is -0.225. The van der Waals surface area contributed by atoms with Crippen molar-refractivity contribution in [2.75, 3.05) is 13.1 Å². The maximum atomic E-state index is 12.2. The fraction of sp³-hybridized carbons (Fsp3) is 0.647. The summed E-state index contributed by atoms with van der Waals surface area (Å²) >= 11 is 0. The summed E-state index contributed by atoms with van der Waals surface area (Å²) in [6.07, 6.45) is 7.95. The van der Waals surface area contributed by atoms with E-state index in [0.29, 0.717) is 12.0 Å². The second-order valence-corrected chi connectivity index (χ2v) is 6.82. The van der Waals surface area contributed by atoms with Crippen LogP contribution in [0, 0.1) is 5.92 Å². The number of carbonyl (C=O) groups is 1. The highest BCUT2D eigenvalue weighted by atomic mass is 16.5. The number of amides is 1. The minimum Gasteiger partial charge on any atom is -0.364 e. The molecule has 3 aliphatic rings. The van der Waals surface area contributed by atoms with Crippen molar-refractivity contribution in [1.29, 1.82) is 0 Å². The van der Waals surface area contributed by atoms with Gasteiger partial charge in [0.05, 0.1) is 6.10 Å². The molecule has 4 rings (SSSR count). The SMILES string of the molecule is O=C(NC1CC1)[C@@H]1C[C@@H]2CCN(Cc3ccncc3)C[C@@H]2O1. The molecule has 118 valence electrons. The Labute approximate surface area is 131 Å². The Balaban J connectivity index is 1.32. The molecule has 0 aromatic carbocycles. The predicted molar refractivity (Wildman–Crippen MR) is 82.1 cm³/mol. The number of rotatable bonds is 4. The van der Waals surface area contributed by atoms with E-state index < -0.39 is 0 Å². The Hall–Kier alpha value is -1.46. The van der Waals surface area contributed by atoms with Gasteiger partial charge in [-0.15, -0.1) is 0 Å². The topological polar surface area (TPSA) is 54.5 Å². The molecule has 5 heteroatoms. The van der Waals surface area contributed by atoms with Crippen molar-refractivity contribution in [1.82, 2.24) is 15.2 Å². The van der Waals surface area contributed by atoms with E-state index in [-0.39, 0.29) is 18.1 Å². The van der Waals surface area contributed by atoms with Crippen LogP contribution in [0.2, 0.25) is 0 Å². The molecule has 1 N–H and O–H groups in total. The maximum absolute atomic E-state index is 12.2. The van der Waals surface area contributed by atoms with E-state index in [1.54, 1.807) is 0 Å². The van der Waals surface area contributed by atoms with Crippen LogP contribution in [-0.4, -0.2) is 47.1 Å². The van der Waals surface area contributed by atoms with Crippen molar-refractivity contribution in [2.24, 2.45) is 5.92 Å². The quantitative estimate of drug-likeness (QED) is 0.912. The van der Waals surface area contributed by atoms with Gasteiger partial charge < -0.3 is 10.1 Å². The van der Waals surface area contributed by atoms with E-state index in [4.69, 9.17) is 4.74 Å². The molecule has 1 aromatic heterocycles. The molecular weight excluding hydrogens is 278 g/mol. The van der Waals surface area contributed by atoms with Crippen molar-refractivity contribution < 1.29 is 9.53 Å². The third-order valence-electron chi connectivity index (χ3n) is 5.01. The molecule has 3 heterocycles. The van der Waals surface area contributed by atoms with Crippen molar-refractivity contribution >= 4 is 5.91 Å². The van der Waals surface area contributed by atoms with Crippen LogP contribution in [0.1, 0.15) is 31.2 Å². The number of pyridine rings is 1. The highest BCUT2D eigenvalue weighted by molar-refractivity contribution is 5.81. The van der Waals surface area contributed by atoms with Crippen LogP contribution in [0.25, 0.3) is 0 Å². The van der Waals surface area contributed by atoms with Gasteiger partial charge in [0.15, 0.2) is 0 Å². The van der Waals surface area contributed by atoms with E-state index >= 15 is 0 Å². The van der Waals surface area contributed by atoms with Crippen LogP contribution in [-0.2, 0) is 16.1 Å². The summed E-state index contributed by atoms with van der Waals surface area (Å²) < 4.78 is 6.06. The van der Waals surface area contributed by atoms with Gasteiger partial charge in [-0.25, -0.2) is 0 Å². The van der Waals surface area contributed by atoms with E-state index in [2.05, 4.69) is 27.3 Å². The standard InChI is InChI=1S/C17H23N3O2/c21-17(19-14-1-2-14)15-9-13-5-8-20(11-16(13)22-15)10-12-3-6-18-7-4-12/h3-4,6-7,13-16H,1-2,5,8-11H2,(H,19,21)/t13-,15-,16-/m0/s1. The van der Waals surface area contributed by atoms with Gasteiger partial charge in [-0.2, -0.15) is 0 Å². The molecule has 2 aliphatic heterocycles. The summed E-state index contributed by atoms with van der Waals surface area (Å²) in [5.41, 5.74) is 1.29.